The van der Waals surface area contributed by atoms with Crippen molar-refractivity contribution in [2.75, 3.05) is 32.0 Å². The molecule has 3 rings (SSSR count). The van der Waals surface area contributed by atoms with Crippen molar-refractivity contribution in [3.8, 4) is 5.75 Å². The normalized spacial score (nSPS) is 27.0. The van der Waals surface area contributed by atoms with E-state index in [2.05, 4.69) is 4.90 Å². The van der Waals surface area contributed by atoms with E-state index in [0.717, 1.165) is 37.7 Å². The average molecular weight is 276 g/mol. The lowest BCUT2D eigenvalue weighted by Crippen LogP contribution is -2.53. The summed E-state index contributed by atoms with van der Waals surface area (Å²) in [5, 5.41) is 0. The molecule has 20 heavy (non-hydrogen) atoms. The second-order valence-electron chi connectivity index (χ2n) is 5.71. The summed E-state index contributed by atoms with van der Waals surface area (Å²) in [6, 6.07) is 8.21. The molecule has 2 unspecified atom stereocenters. The van der Waals surface area contributed by atoms with E-state index in [0.29, 0.717) is 12.1 Å². The summed E-state index contributed by atoms with van der Waals surface area (Å²) in [5.41, 5.74) is 6.44. The quantitative estimate of drug-likeness (QED) is 0.857. The highest BCUT2D eigenvalue weighted by Crippen LogP contribution is 2.28. The number of hydrogen-bond donors (Lipinski definition) is 1. The second kappa shape index (κ2) is 6.46. The first kappa shape index (κ1) is 13.7. The fourth-order valence-corrected chi connectivity index (χ4v) is 3.30. The summed E-state index contributed by atoms with van der Waals surface area (Å²) >= 11 is 0. The van der Waals surface area contributed by atoms with Gasteiger partial charge in [-0.05, 0) is 37.1 Å². The lowest BCUT2D eigenvalue weighted by atomic mass is 9.90. The molecular weight excluding hydrogens is 252 g/mol. The molecule has 110 valence electrons. The fraction of sp³-hybridized carbons (Fsp3) is 0.625. The zero-order valence-corrected chi connectivity index (χ0v) is 12.0. The Labute approximate surface area is 120 Å². The molecule has 1 aromatic carbocycles. The molecule has 0 spiro atoms. The van der Waals surface area contributed by atoms with E-state index in [9.17, 15) is 0 Å². The molecule has 2 aliphatic rings. The topological polar surface area (TPSA) is 47.7 Å². The van der Waals surface area contributed by atoms with E-state index < -0.39 is 0 Å². The molecule has 1 aliphatic carbocycles. The highest BCUT2D eigenvalue weighted by molar-refractivity contribution is 5.41. The molecule has 1 heterocycles. The molecule has 2 fully saturated rings. The van der Waals surface area contributed by atoms with Gasteiger partial charge >= 0.3 is 0 Å². The molecule has 1 aromatic rings. The molecule has 1 saturated heterocycles. The Morgan fingerprint density at radius 3 is 2.85 bits per heavy atom. The Hall–Kier alpha value is -1.26. The minimum absolute atomic E-state index is 0.453. The second-order valence-corrected chi connectivity index (χ2v) is 5.71. The van der Waals surface area contributed by atoms with Crippen LogP contribution in [0.3, 0.4) is 0 Å². The van der Waals surface area contributed by atoms with Crippen LogP contribution in [0.1, 0.15) is 25.7 Å². The first-order valence-corrected chi connectivity index (χ1v) is 7.67. The van der Waals surface area contributed by atoms with Crippen molar-refractivity contribution in [1.29, 1.82) is 0 Å². The standard InChI is InChI=1S/C16H24N2O2/c17-13-5-7-14(8-6-13)19-11-9-18-10-12-20-16-4-2-1-3-15(16)18/h5-8,15-16H,1-4,9-12,17H2. The van der Waals surface area contributed by atoms with E-state index >= 15 is 0 Å². The number of ether oxygens (including phenoxy) is 2. The van der Waals surface area contributed by atoms with Crippen molar-refractivity contribution in [3.05, 3.63) is 24.3 Å². The van der Waals surface area contributed by atoms with Crippen molar-refractivity contribution in [3.63, 3.8) is 0 Å². The Balaban J connectivity index is 1.48. The molecule has 1 aliphatic heterocycles. The zero-order valence-electron chi connectivity index (χ0n) is 12.0. The zero-order chi connectivity index (χ0) is 13.8. The maximum Gasteiger partial charge on any atom is 0.119 e. The fourth-order valence-electron chi connectivity index (χ4n) is 3.30. The largest absolute Gasteiger partial charge is 0.492 e. The van der Waals surface area contributed by atoms with Crippen LogP contribution < -0.4 is 10.5 Å². The van der Waals surface area contributed by atoms with Crippen molar-refractivity contribution in [2.45, 2.75) is 37.8 Å². The number of nitrogens with two attached hydrogens (primary N) is 1. The van der Waals surface area contributed by atoms with Crippen LogP contribution in [0, 0.1) is 0 Å². The van der Waals surface area contributed by atoms with Gasteiger partial charge in [0.05, 0.1) is 12.7 Å². The number of anilines is 1. The summed E-state index contributed by atoms with van der Waals surface area (Å²) < 4.78 is 11.7. The van der Waals surface area contributed by atoms with Crippen LogP contribution in [0.5, 0.6) is 5.75 Å². The van der Waals surface area contributed by atoms with Gasteiger partial charge in [0, 0.05) is 24.8 Å². The maximum atomic E-state index is 5.89. The Morgan fingerprint density at radius 1 is 1.20 bits per heavy atom. The third-order valence-corrected chi connectivity index (χ3v) is 4.37. The van der Waals surface area contributed by atoms with Crippen molar-refractivity contribution in [2.24, 2.45) is 0 Å². The summed E-state index contributed by atoms with van der Waals surface area (Å²) in [6.45, 7) is 3.61. The van der Waals surface area contributed by atoms with Gasteiger partial charge in [0.25, 0.3) is 0 Å². The van der Waals surface area contributed by atoms with Gasteiger partial charge in [-0.3, -0.25) is 4.90 Å². The first-order valence-electron chi connectivity index (χ1n) is 7.67. The third kappa shape index (κ3) is 3.25. The van der Waals surface area contributed by atoms with E-state index in [-0.39, 0.29) is 0 Å². The van der Waals surface area contributed by atoms with Gasteiger partial charge in [-0.25, -0.2) is 0 Å². The molecule has 2 atom stereocenters. The maximum absolute atomic E-state index is 5.89. The van der Waals surface area contributed by atoms with Gasteiger partial charge in [0.1, 0.15) is 12.4 Å². The van der Waals surface area contributed by atoms with Crippen LogP contribution in [0.25, 0.3) is 0 Å². The van der Waals surface area contributed by atoms with E-state index in [1.54, 1.807) is 0 Å². The van der Waals surface area contributed by atoms with Crippen LogP contribution >= 0.6 is 0 Å². The number of nitrogen functional groups attached to an aromatic ring is 1. The predicted molar refractivity (Wildman–Crippen MR) is 79.9 cm³/mol. The van der Waals surface area contributed by atoms with Crippen molar-refractivity contribution in [1.82, 2.24) is 4.90 Å². The SMILES string of the molecule is Nc1ccc(OCCN2CCOC3CCCCC32)cc1. The van der Waals surface area contributed by atoms with Gasteiger partial charge in [0.15, 0.2) is 0 Å². The molecular formula is C16H24N2O2. The lowest BCUT2D eigenvalue weighted by Gasteiger charge is -2.43. The molecule has 0 amide bonds. The summed E-state index contributed by atoms with van der Waals surface area (Å²) in [5.74, 6) is 0.896. The number of fused-ring (bicyclic) bond motifs is 1. The molecule has 4 heteroatoms. The molecule has 0 radical (unpaired) electrons. The minimum atomic E-state index is 0.453. The summed E-state index contributed by atoms with van der Waals surface area (Å²) in [7, 11) is 0. The van der Waals surface area contributed by atoms with Crippen LogP contribution in [-0.2, 0) is 4.74 Å². The monoisotopic (exact) mass is 276 g/mol. The molecule has 0 aromatic heterocycles. The van der Waals surface area contributed by atoms with Gasteiger partial charge in [-0.1, -0.05) is 12.8 Å². The predicted octanol–water partition coefficient (Wildman–Crippen LogP) is 2.29. The summed E-state index contributed by atoms with van der Waals surface area (Å²) in [4.78, 5) is 2.55. The number of rotatable bonds is 4. The molecule has 4 nitrogen and oxygen atoms in total. The van der Waals surface area contributed by atoms with Crippen molar-refractivity contribution < 1.29 is 9.47 Å². The average Bonchev–Trinajstić information content (AvgIpc) is 2.49. The van der Waals surface area contributed by atoms with E-state index in [4.69, 9.17) is 15.2 Å². The molecule has 1 saturated carbocycles. The molecule has 2 N–H and O–H groups in total. The van der Waals surface area contributed by atoms with Gasteiger partial charge in [-0.15, -0.1) is 0 Å². The summed E-state index contributed by atoms with van der Waals surface area (Å²) in [6.07, 6.45) is 5.59. The Morgan fingerprint density at radius 2 is 2.00 bits per heavy atom. The first-order chi connectivity index (χ1) is 9.83. The molecule has 0 bridgehead atoms. The Bertz CT molecular complexity index is 419. The smallest absolute Gasteiger partial charge is 0.119 e. The highest BCUT2D eigenvalue weighted by Gasteiger charge is 2.33. The number of benzene rings is 1. The lowest BCUT2D eigenvalue weighted by molar-refractivity contribution is -0.0901. The van der Waals surface area contributed by atoms with E-state index in [1.165, 1.54) is 25.7 Å². The van der Waals surface area contributed by atoms with Crippen molar-refractivity contribution >= 4 is 5.69 Å². The van der Waals surface area contributed by atoms with Gasteiger partial charge in [-0.2, -0.15) is 0 Å². The highest BCUT2D eigenvalue weighted by atomic mass is 16.5. The van der Waals surface area contributed by atoms with Gasteiger partial charge < -0.3 is 15.2 Å². The number of morpholine rings is 1. The van der Waals surface area contributed by atoms with Crippen LogP contribution in [0.4, 0.5) is 5.69 Å². The number of nitrogens with zero attached hydrogens (tertiary/aromatic N) is 1. The van der Waals surface area contributed by atoms with Gasteiger partial charge in [0.2, 0.25) is 0 Å². The third-order valence-electron chi connectivity index (χ3n) is 4.37. The van der Waals surface area contributed by atoms with Crippen LogP contribution in [0.15, 0.2) is 24.3 Å². The van der Waals surface area contributed by atoms with Crippen LogP contribution in [0.2, 0.25) is 0 Å². The Kier molecular flexibility index (Phi) is 4.43. The minimum Gasteiger partial charge on any atom is -0.492 e. The number of hydrogen-bond acceptors (Lipinski definition) is 4. The van der Waals surface area contributed by atoms with Crippen LogP contribution in [-0.4, -0.2) is 43.3 Å². The van der Waals surface area contributed by atoms with E-state index in [1.807, 2.05) is 24.3 Å².